The minimum absolute atomic E-state index is 0.155. The topological polar surface area (TPSA) is 99.6 Å². The molecule has 2 rings (SSSR count). The normalized spacial score (nSPS) is 29.5. The van der Waals surface area contributed by atoms with E-state index in [1.54, 1.807) is 6.92 Å². The molecule has 0 amide bonds. The average molecular weight is 227 g/mol. The van der Waals surface area contributed by atoms with Crippen LogP contribution in [0.5, 0.6) is 0 Å². The van der Waals surface area contributed by atoms with Gasteiger partial charge in [0.05, 0.1) is 13.2 Å². The van der Waals surface area contributed by atoms with E-state index in [1.807, 2.05) is 0 Å². The lowest BCUT2D eigenvalue weighted by Gasteiger charge is -2.24. The Hall–Kier alpha value is -1.44. The Labute approximate surface area is 91.4 Å². The van der Waals surface area contributed by atoms with Crippen molar-refractivity contribution in [1.82, 2.24) is 9.55 Å². The standard InChI is InChI=1S/C9H13N3O4/c1-9(5-15-7(4-13)16-9)12-3-2-6(10)11-8(12)14/h2-3,7,13H,4-5H2,1H3,(H2,10,11,14)/t7-,9-/m0/s1. The van der Waals surface area contributed by atoms with Gasteiger partial charge >= 0.3 is 5.69 Å². The molecule has 1 saturated heterocycles. The third kappa shape index (κ3) is 1.80. The quantitative estimate of drug-likeness (QED) is 0.662. The van der Waals surface area contributed by atoms with E-state index >= 15 is 0 Å². The highest BCUT2D eigenvalue weighted by Crippen LogP contribution is 2.26. The first-order chi connectivity index (χ1) is 7.55. The number of nitrogen functional groups attached to an aromatic ring is 1. The number of hydrogen-bond acceptors (Lipinski definition) is 6. The molecule has 0 radical (unpaired) electrons. The maximum Gasteiger partial charge on any atom is 0.351 e. The highest BCUT2D eigenvalue weighted by molar-refractivity contribution is 5.23. The summed E-state index contributed by atoms with van der Waals surface area (Å²) >= 11 is 0. The third-order valence-corrected chi connectivity index (χ3v) is 2.41. The molecule has 88 valence electrons. The summed E-state index contributed by atoms with van der Waals surface area (Å²) in [6.07, 6.45) is 0.780. The number of hydrogen-bond donors (Lipinski definition) is 2. The second kappa shape index (κ2) is 3.85. The van der Waals surface area contributed by atoms with Crippen molar-refractivity contribution in [3.8, 4) is 0 Å². The molecule has 16 heavy (non-hydrogen) atoms. The van der Waals surface area contributed by atoms with Crippen LogP contribution in [-0.4, -0.2) is 34.2 Å². The van der Waals surface area contributed by atoms with Crippen LogP contribution in [0.15, 0.2) is 17.1 Å². The zero-order valence-electron chi connectivity index (χ0n) is 8.79. The van der Waals surface area contributed by atoms with Crippen LogP contribution in [0.4, 0.5) is 5.82 Å². The van der Waals surface area contributed by atoms with Gasteiger partial charge in [0.2, 0.25) is 0 Å². The number of nitrogens with two attached hydrogens (primary N) is 1. The van der Waals surface area contributed by atoms with Crippen LogP contribution in [0.25, 0.3) is 0 Å². The minimum atomic E-state index is -0.953. The molecule has 7 heteroatoms. The van der Waals surface area contributed by atoms with E-state index in [0.717, 1.165) is 0 Å². The molecule has 1 aromatic heterocycles. The van der Waals surface area contributed by atoms with Crippen LogP contribution in [-0.2, 0) is 15.2 Å². The van der Waals surface area contributed by atoms with Crippen LogP contribution < -0.4 is 11.4 Å². The van der Waals surface area contributed by atoms with E-state index in [4.69, 9.17) is 20.3 Å². The summed E-state index contributed by atoms with van der Waals surface area (Å²) < 4.78 is 11.9. The van der Waals surface area contributed by atoms with Gasteiger partial charge in [-0.1, -0.05) is 0 Å². The number of nitrogens with zero attached hydrogens (tertiary/aromatic N) is 2. The van der Waals surface area contributed by atoms with Crippen molar-refractivity contribution in [3.63, 3.8) is 0 Å². The van der Waals surface area contributed by atoms with Crippen molar-refractivity contribution in [3.05, 3.63) is 22.7 Å². The molecule has 0 saturated carbocycles. The van der Waals surface area contributed by atoms with Gasteiger partial charge < -0.3 is 20.3 Å². The van der Waals surface area contributed by atoms with Gasteiger partial charge in [-0.15, -0.1) is 0 Å². The molecule has 0 bridgehead atoms. The molecule has 1 aliphatic rings. The summed E-state index contributed by atoms with van der Waals surface area (Å²) in [5.74, 6) is 0.155. The first kappa shape index (κ1) is 11.1. The van der Waals surface area contributed by atoms with Gasteiger partial charge in [-0.3, -0.25) is 4.57 Å². The number of ether oxygens (including phenoxy) is 2. The SMILES string of the molecule is C[C@@]1(n2ccc(N)nc2=O)CO[C@H](CO)O1. The number of anilines is 1. The Kier molecular flexibility index (Phi) is 2.66. The van der Waals surface area contributed by atoms with Crippen molar-refractivity contribution in [2.45, 2.75) is 18.9 Å². The van der Waals surface area contributed by atoms with Crippen LogP contribution in [0.3, 0.4) is 0 Å². The number of rotatable bonds is 2. The average Bonchev–Trinajstić information content (AvgIpc) is 2.61. The molecule has 0 unspecified atom stereocenters. The van der Waals surface area contributed by atoms with Gasteiger partial charge in [0.25, 0.3) is 0 Å². The van der Waals surface area contributed by atoms with Crippen LogP contribution in [0.2, 0.25) is 0 Å². The monoisotopic (exact) mass is 227 g/mol. The molecular formula is C9H13N3O4. The van der Waals surface area contributed by atoms with E-state index < -0.39 is 17.7 Å². The maximum atomic E-state index is 11.6. The van der Waals surface area contributed by atoms with Gasteiger partial charge in [0, 0.05) is 6.20 Å². The number of aromatic nitrogens is 2. The van der Waals surface area contributed by atoms with Gasteiger partial charge in [0.15, 0.2) is 12.0 Å². The number of aliphatic hydroxyl groups excluding tert-OH is 1. The predicted molar refractivity (Wildman–Crippen MR) is 54.5 cm³/mol. The van der Waals surface area contributed by atoms with E-state index in [-0.39, 0.29) is 19.0 Å². The molecule has 1 aliphatic heterocycles. The van der Waals surface area contributed by atoms with Crippen molar-refractivity contribution in [1.29, 1.82) is 0 Å². The van der Waals surface area contributed by atoms with Crippen LogP contribution in [0.1, 0.15) is 6.92 Å². The van der Waals surface area contributed by atoms with Gasteiger partial charge in [-0.25, -0.2) is 4.79 Å². The van der Waals surface area contributed by atoms with E-state index in [9.17, 15) is 4.79 Å². The first-order valence-electron chi connectivity index (χ1n) is 4.81. The van der Waals surface area contributed by atoms with Crippen molar-refractivity contribution in [2.75, 3.05) is 18.9 Å². The molecule has 1 fully saturated rings. The van der Waals surface area contributed by atoms with Crippen molar-refractivity contribution in [2.24, 2.45) is 0 Å². The summed E-state index contributed by atoms with van der Waals surface area (Å²) in [5, 5.41) is 8.89. The summed E-state index contributed by atoms with van der Waals surface area (Å²) in [7, 11) is 0. The predicted octanol–water partition coefficient (Wildman–Crippen LogP) is -1.14. The Morgan fingerprint density at radius 1 is 1.81 bits per heavy atom. The summed E-state index contributed by atoms with van der Waals surface area (Å²) in [4.78, 5) is 15.2. The van der Waals surface area contributed by atoms with Crippen LogP contribution in [0, 0.1) is 0 Å². The lowest BCUT2D eigenvalue weighted by atomic mass is 10.3. The van der Waals surface area contributed by atoms with Crippen LogP contribution >= 0.6 is 0 Å². The minimum Gasteiger partial charge on any atom is -0.391 e. The molecule has 2 atom stereocenters. The molecular weight excluding hydrogens is 214 g/mol. The Morgan fingerprint density at radius 3 is 3.12 bits per heavy atom. The van der Waals surface area contributed by atoms with Gasteiger partial charge in [-0.05, 0) is 13.0 Å². The van der Waals surface area contributed by atoms with Crippen molar-refractivity contribution >= 4 is 5.82 Å². The highest BCUT2D eigenvalue weighted by Gasteiger charge is 2.39. The zero-order valence-corrected chi connectivity index (χ0v) is 8.79. The molecule has 1 aromatic rings. The Bertz CT molecular complexity index is 447. The van der Waals surface area contributed by atoms with Gasteiger partial charge in [-0.2, -0.15) is 4.98 Å². The van der Waals surface area contributed by atoms with E-state index in [1.165, 1.54) is 16.8 Å². The molecule has 7 nitrogen and oxygen atoms in total. The Morgan fingerprint density at radius 2 is 2.56 bits per heavy atom. The van der Waals surface area contributed by atoms with Gasteiger partial charge in [0.1, 0.15) is 5.82 Å². The summed E-state index contributed by atoms with van der Waals surface area (Å²) in [5.41, 5.74) is 3.92. The number of aliphatic hydroxyl groups is 1. The zero-order chi connectivity index (χ0) is 11.8. The first-order valence-corrected chi connectivity index (χ1v) is 4.81. The summed E-state index contributed by atoms with van der Waals surface area (Å²) in [6, 6.07) is 1.50. The molecule has 3 N–H and O–H groups in total. The highest BCUT2D eigenvalue weighted by atomic mass is 16.7. The third-order valence-electron chi connectivity index (χ3n) is 2.41. The fourth-order valence-corrected chi connectivity index (χ4v) is 1.59. The molecule has 0 aliphatic carbocycles. The summed E-state index contributed by atoms with van der Waals surface area (Å²) in [6.45, 7) is 1.60. The molecule has 0 spiro atoms. The maximum absolute atomic E-state index is 11.6. The van der Waals surface area contributed by atoms with E-state index in [0.29, 0.717) is 0 Å². The van der Waals surface area contributed by atoms with Crippen molar-refractivity contribution < 1.29 is 14.6 Å². The lowest BCUT2D eigenvalue weighted by molar-refractivity contribution is -0.134. The fourth-order valence-electron chi connectivity index (χ4n) is 1.59. The Balaban J connectivity index is 2.34. The second-order valence-corrected chi connectivity index (χ2v) is 3.72. The molecule has 0 aromatic carbocycles. The lowest BCUT2D eigenvalue weighted by Crippen LogP contribution is -2.42. The molecule has 2 heterocycles. The smallest absolute Gasteiger partial charge is 0.351 e. The second-order valence-electron chi connectivity index (χ2n) is 3.72. The van der Waals surface area contributed by atoms with E-state index in [2.05, 4.69) is 4.98 Å². The fraction of sp³-hybridized carbons (Fsp3) is 0.556. The largest absolute Gasteiger partial charge is 0.391 e.